The summed E-state index contributed by atoms with van der Waals surface area (Å²) in [6, 6.07) is 4.99. The van der Waals surface area contributed by atoms with E-state index < -0.39 is 10.0 Å². The molecule has 0 atom stereocenters. The van der Waals surface area contributed by atoms with Gasteiger partial charge in [-0.25, -0.2) is 8.42 Å². The molecule has 2 heterocycles. The van der Waals surface area contributed by atoms with Crippen molar-refractivity contribution in [1.82, 2.24) is 14.4 Å². The van der Waals surface area contributed by atoms with Gasteiger partial charge >= 0.3 is 0 Å². The molecule has 6 nitrogen and oxygen atoms in total. The van der Waals surface area contributed by atoms with Crippen LogP contribution < -0.4 is 0 Å². The van der Waals surface area contributed by atoms with Crippen molar-refractivity contribution in [3.8, 4) is 0 Å². The topological polar surface area (TPSA) is 66.7 Å². The number of rotatable bonds is 4. The summed E-state index contributed by atoms with van der Waals surface area (Å²) < 4.78 is 32.3. The van der Waals surface area contributed by atoms with Gasteiger partial charge in [-0.3, -0.25) is 4.90 Å². The predicted molar refractivity (Wildman–Crippen MR) is 91.5 cm³/mol. The summed E-state index contributed by atoms with van der Waals surface area (Å²) >= 11 is 6.07. The molecule has 130 valence electrons. The fourth-order valence-electron chi connectivity index (χ4n) is 2.85. The third kappa shape index (κ3) is 3.35. The molecule has 0 spiro atoms. The van der Waals surface area contributed by atoms with Crippen LogP contribution in [-0.4, -0.2) is 49.0 Å². The Morgan fingerprint density at radius 2 is 1.92 bits per heavy atom. The average molecular weight is 370 g/mol. The zero-order chi connectivity index (χ0) is 17.3. The highest BCUT2D eigenvalue weighted by Crippen LogP contribution is 2.26. The number of nitrogens with zero attached hydrogens (tertiary/aromatic N) is 3. The van der Waals surface area contributed by atoms with Crippen molar-refractivity contribution >= 4 is 21.6 Å². The number of hydrogen-bond donors (Lipinski definition) is 0. The van der Waals surface area contributed by atoms with E-state index in [2.05, 4.69) is 10.1 Å². The molecular weight excluding hydrogens is 350 g/mol. The Labute approximate surface area is 147 Å². The van der Waals surface area contributed by atoms with E-state index in [0.29, 0.717) is 41.7 Å². The lowest BCUT2D eigenvalue weighted by Crippen LogP contribution is -2.48. The average Bonchev–Trinajstić information content (AvgIpc) is 2.95. The molecule has 0 bridgehead atoms. The van der Waals surface area contributed by atoms with Crippen LogP contribution in [0.2, 0.25) is 5.02 Å². The lowest BCUT2D eigenvalue weighted by Gasteiger charge is -2.34. The summed E-state index contributed by atoms with van der Waals surface area (Å²) in [6.45, 7) is 6.59. The maximum atomic E-state index is 12.9. The van der Waals surface area contributed by atoms with Gasteiger partial charge in [0.25, 0.3) is 0 Å². The lowest BCUT2D eigenvalue weighted by atomic mass is 10.2. The van der Waals surface area contributed by atoms with Crippen LogP contribution in [0.25, 0.3) is 0 Å². The molecule has 2 aromatic rings. The van der Waals surface area contributed by atoms with Gasteiger partial charge in [-0.05, 0) is 31.5 Å². The standard InChI is InChI=1S/C16H20ClN3O3S/c1-12-15(17)4-3-5-16(12)24(21,22)20-8-6-19(7-9-20)11-14-10-18-23-13(14)2/h3-5,10H,6-9,11H2,1-2H3. The van der Waals surface area contributed by atoms with Crippen LogP contribution in [-0.2, 0) is 16.6 Å². The van der Waals surface area contributed by atoms with Gasteiger partial charge in [-0.1, -0.05) is 22.8 Å². The number of halogens is 1. The van der Waals surface area contributed by atoms with Gasteiger partial charge in [-0.15, -0.1) is 0 Å². The summed E-state index contributed by atoms with van der Waals surface area (Å²) in [7, 11) is -3.52. The minimum atomic E-state index is -3.52. The Morgan fingerprint density at radius 3 is 2.54 bits per heavy atom. The van der Waals surface area contributed by atoms with Crippen molar-refractivity contribution in [2.24, 2.45) is 0 Å². The van der Waals surface area contributed by atoms with E-state index in [0.717, 1.165) is 17.9 Å². The Morgan fingerprint density at radius 1 is 1.21 bits per heavy atom. The fourth-order valence-corrected chi connectivity index (χ4v) is 4.75. The summed E-state index contributed by atoms with van der Waals surface area (Å²) in [6.07, 6.45) is 1.72. The van der Waals surface area contributed by atoms with Gasteiger partial charge in [-0.2, -0.15) is 4.31 Å². The van der Waals surface area contributed by atoms with E-state index in [1.54, 1.807) is 31.3 Å². The monoisotopic (exact) mass is 369 g/mol. The van der Waals surface area contributed by atoms with Crippen LogP contribution in [0.15, 0.2) is 33.8 Å². The van der Waals surface area contributed by atoms with E-state index in [9.17, 15) is 8.42 Å². The Balaban J connectivity index is 1.70. The Kier molecular flexibility index (Phi) is 4.96. The number of aromatic nitrogens is 1. The summed E-state index contributed by atoms with van der Waals surface area (Å²) in [4.78, 5) is 2.49. The van der Waals surface area contributed by atoms with Crippen LogP contribution in [0.3, 0.4) is 0 Å². The third-order valence-corrected chi connectivity index (χ3v) is 6.86. The van der Waals surface area contributed by atoms with Gasteiger partial charge < -0.3 is 4.52 Å². The normalized spacial score (nSPS) is 17.3. The molecular formula is C16H20ClN3O3S. The molecule has 1 aromatic heterocycles. The molecule has 0 radical (unpaired) electrons. The SMILES string of the molecule is Cc1oncc1CN1CCN(S(=O)(=O)c2cccc(Cl)c2C)CC1. The van der Waals surface area contributed by atoms with E-state index in [1.807, 2.05) is 6.92 Å². The first-order chi connectivity index (χ1) is 11.4. The second-order valence-corrected chi connectivity index (χ2v) is 8.26. The number of piperazine rings is 1. The summed E-state index contributed by atoms with van der Waals surface area (Å²) in [5, 5.41) is 4.25. The van der Waals surface area contributed by atoms with Crippen molar-refractivity contribution in [2.75, 3.05) is 26.2 Å². The van der Waals surface area contributed by atoms with Crippen LogP contribution in [0.1, 0.15) is 16.9 Å². The Hall–Kier alpha value is -1.41. The number of benzene rings is 1. The highest BCUT2D eigenvalue weighted by molar-refractivity contribution is 7.89. The van der Waals surface area contributed by atoms with Crippen molar-refractivity contribution in [3.63, 3.8) is 0 Å². The van der Waals surface area contributed by atoms with Gasteiger partial charge in [0.15, 0.2) is 0 Å². The van der Waals surface area contributed by atoms with Gasteiger partial charge in [0.2, 0.25) is 10.0 Å². The van der Waals surface area contributed by atoms with Crippen LogP contribution >= 0.6 is 11.6 Å². The summed E-state index contributed by atoms with van der Waals surface area (Å²) in [5.41, 5.74) is 1.64. The molecule has 0 unspecified atom stereocenters. The molecule has 1 fully saturated rings. The van der Waals surface area contributed by atoms with Crippen molar-refractivity contribution in [2.45, 2.75) is 25.3 Å². The molecule has 1 aromatic carbocycles. The minimum absolute atomic E-state index is 0.290. The predicted octanol–water partition coefficient (Wildman–Crippen LogP) is 2.45. The molecule has 0 saturated carbocycles. The zero-order valence-corrected chi connectivity index (χ0v) is 15.3. The maximum absolute atomic E-state index is 12.9. The van der Waals surface area contributed by atoms with Crippen molar-refractivity contribution in [3.05, 3.63) is 46.3 Å². The Bertz CT molecular complexity index is 827. The lowest BCUT2D eigenvalue weighted by molar-refractivity contribution is 0.181. The molecule has 0 amide bonds. The fraction of sp³-hybridized carbons (Fsp3) is 0.438. The zero-order valence-electron chi connectivity index (χ0n) is 13.7. The molecule has 1 aliphatic heterocycles. The third-order valence-electron chi connectivity index (χ3n) is 4.41. The highest BCUT2D eigenvalue weighted by atomic mass is 35.5. The first kappa shape index (κ1) is 17.4. The number of aryl methyl sites for hydroxylation is 1. The quantitative estimate of drug-likeness (QED) is 0.828. The number of sulfonamides is 1. The second-order valence-electron chi connectivity index (χ2n) is 5.95. The molecule has 3 rings (SSSR count). The van der Waals surface area contributed by atoms with E-state index in [1.165, 1.54) is 4.31 Å². The second kappa shape index (κ2) is 6.84. The largest absolute Gasteiger partial charge is 0.361 e. The van der Waals surface area contributed by atoms with Crippen molar-refractivity contribution < 1.29 is 12.9 Å². The van der Waals surface area contributed by atoms with Crippen LogP contribution in [0.4, 0.5) is 0 Å². The van der Waals surface area contributed by atoms with Crippen molar-refractivity contribution in [1.29, 1.82) is 0 Å². The molecule has 0 N–H and O–H groups in total. The molecule has 0 aliphatic carbocycles. The van der Waals surface area contributed by atoms with E-state index >= 15 is 0 Å². The van der Waals surface area contributed by atoms with Crippen LogP contribution in [0, 0.1) is 13.8 Å². The molecule has 8 heteroatoms. The van der Waals surface area contributed by atoms with E-state index in [-0.39, 0.29) is 0 Å². The molecule has 1 saturated heterocycles. The van der Waals surface area contributed by atoms with Gasteiger partial charge in [0.05, 0.1) is 11.1 Å². The van der Waals surface area contributed by atoms with Gasteiger partial charge in [0.1, 0.15) is 5.76 Å². The van der Waals surface area contributed by atoms with Gasteiger partial charge in [0, 0.05) is 43.3 Å². The first-order valence-electron chi connectivity index (χ1n) is 7.77. The number of hydrogen-bond acceptors (Lipinski definition) is 5. The molecule has 1 aliphatic rings. The maximum Gasteiger partial charge on any atom is 0.243 e. The molecule has 24 heavy (non-hydrogen) atoms. The highest BCUT2D eigenvalue weighted by Gasteiger charge is 2.30. The first-order valence-corrected chi connectivity index (χ1v) is 9.59. The smallest absolute Gasteiger partial charge is 0.243 e. The van der Waals surface area contributed by atoms with E-state index in [4.69, 9.17) is 16.1 Å². The van der Waals surface area contributed by atoms with Crippen LogP contribution in [0.5, 0.6) is 0 Å². The minimum Gasteiger partial charge on any atom is -0.361 e. The summed E-state index contributed by atoms with van der Waals surface area (Å²) in [5.74, 6) is 0.805.